The van der Waals surface area contributed by atoms with Gasteiger partial charge in [-0.3, -0.25) is 0 Å². The third kappa shape index (κ3) is 4.04. The van der Waals surface area contributed by atoms with E-state index in [4.69, 9.17) is 4.74 Å². The van der Waals surface area contributed by atoms with E-state index in [1.54, 1.807) is 35.9 Å². The lowest BCUT2D eigenvalue weighted by Crippen LogP contribution is -2.07. The SMILES string of the molecule is CCOC(=O)/C(=C(/F)C#Cc1ccccc1)c1ccsc1. The van der Waals surface area contributed by atoms with E-state index in [1.807, 2.05) is 18.2 Å². The molecule has 1 aromatic carbocycles. The van der Waals surface area contributed by atoms with Crippen LogP contribution in [0.5, 0.6) is 0 Å². The molecule has 106 valence electrons. The number of hydrogen-bond donors (Lipinski definition) is 0. The highest BCUT2D eigenvalue weighted by Gasteiger charge is 2.18. The van der Waals surface area contributed by atoms with Gasteiger partial charge in [-0.1, -0.05) is 24.1 Å². The monoisotopic (exact) mass is 300 g/mol. The number of benzene rings is 1. The van der Waals surface area contributed by atoms with Crippen molar-refractivity contribution in [2.45, 2.75) is 6.92 Å². The molecule has 0 saturated heterocycles. The van der Waals surface area contributed by atoms with Crippen LogP contribution < -0.4 is 0 Å². The van der Waals surface area contributed by atoms with Crippen molar-refractivity contribution in [3.8, 4) is 11.8 Å². The minimum Gasteiger partial charge on any atom is -0.462 e. The molecule has 0 spiro atoms. The maximum absolute atomic E-state index is 14.3. The summed E-state index contributed by atoms with van der Waals surface area (Å²) in [6.07, 6.45) is 0. The summed E-state index contributed by atoms with van der Waals surface area (Å²) in [4.78, 5) is 11.9. The molecule has 0 atom stereocenters. The summed E-state index contributed by atoms with van der Waals surface area (Å²) in [6, 6.07) is 10.7. The van der Waals surface area contributed by atoms with E-state index < -0.39 is 11.8 Å². The molecule has 0 N–H and O–H groups in total. The fourth-order valence-corrected chi connectivity index (χ4v) is 2.30. The Bertz CT molecular complexity index is 691. The highest BCUT2D eigenvalue weighted by Crippen LogP contribution is 2.23. The summed E-state index contributed by atoms with van der Waals surface area (Å²) in [5.74, 6) is 3.61. The molecule has 21 heavy (non-hydrogen) atoms. The second kappa shape index (κ2) is 7.41. The number of hydrogen-bond acceptors (Lipinski definition) is 3. The van der Waals surface area contributed by atoms with Gasteiger partial charge in [0.25, 0.3) is 0 Å². The lowest BCUT2D eigenvalue weighted by atomic mass is 10.1. The molecular weight excluding hydrogens is 287 g/mol. The van der Waals surface area contributed by atoms with Gasteiger partial charge in [0, 0.05) is 11.1 Å². The number of esters is 1. The average molecular weight is 300 g/mol. The van der Waals surface area contributed by atoms with Crippen LogP contribution in [0.2, 0.25) is 0 Å². The Hall–Kier alpha value is -2.38. The van der Waals surface area contributed by atoms with Crippen molar-refractivity contribution < 1.29 is 13.9 Å². The molecule has 0 aliphatic heterocycles. The van der Waals surface area contributed by atoms with E-state index in [0.29, 0.717) is 11.1 Å². The van der Waals surface area contributed by atoms with Gasteiger partial charge >= 0.3 is 5.97 Å². The first-order valence-corrected chi connectivity index (χ1v) is 7.33. The number of allylic oxidation sites excluding steroid dienone is 1. The fraction of sp³-hybridized carbons (Fsp3) is 0.118. The lowest BCUT2D eigenvalue weighted by molar-refractivity contribution is -0.136. The largest absolute Gasteiger partial charge is 0.462 e. The highest BCUT2D eigenvalue weighted by atomic mass is 32.1. The van der Waals surface area contributed by atoms with Gasteiger partial charge in [-0.05, 0) is 41.8 Å². The molecule has 0 saturated carbocycles. The standard InChI is InChI=1S/C17H13FO2S/c1-2-20-17(19)16(14-10-11-21-12-14)15(18)9-8-13-6-4-3-5-7-13/h3-7,10-12H,2H2,1H3/b16-15+. The van der Waals surface area contributed by atoms with Crippen LogP contribution in [-0.2, 0) is 9.53 Å². The Kier molecular flexibility index (Phi) is 5.30. The zero-order valence-corrected chi connectivity index (χ0v) is 12.2. The molecule has 0 amide bonds. The molecule has 1 aromatic heterocycles. The van der Waals surface area contributed by atoms with E-state index in [0.717, 1.165) is 0 Å². The maximum Gasteiger partial charge on any atom is 0.342 e. The van der Waals surface area contributed by atoms with E-state index in [-0.39, 0.29) is 12.2 Å². The minimum absolute atomic E-state index is 0.124. The quantitative estimate of drug-likeness (QED) is 0.486. The van der Waals surface area contributed by atoms with Gasteiger partial charge in [0.1, 0.15) is 5.57 Å². The van der Waals surface area contributed by atoms with Gasteiger partial charge < -0.3 is 4.74 Å². The average Bonchev–Trinajstić information content (AvgIpc) is 3.00. The van der Waals surface area contributed by atoms with Crippen LogP contribution in [0.1, 0.15) is 18.1 Å². The molecule has 0 bridgehead atoms. The van der Waals surface area contributed by atoms with Gasteiger partial charge in [0.15, 0.2) is 5.83 Å². The highest BCUT2D eigenvalue weighted by molar-refractivity contribution is 7.08. The van der Waals surface area contributed by atoms with Crippen LogP contribution in [0.3, 0.4) is 0 Å². The molecule has 2 nitrogen and oxygen atoms in total. The Balaban J connectivity index is 2.39. The van der Waals surface area contributed by atoms with Crippen molar-refractivity contribution >= 4 is 22.9 Å². The molecule has 0 radical (unpaired) electrons. The molecule has 1 heterocycles. The van der Waals surface area contributed by atoms with Crippen LogP contribution in [0.4, 0.5) is 4.39 Å². The first-order chi connectivity index (χ1) is 10.2. The molecule has 4 heteroatoms. The molecule has 0 unspecified atom stereocenters. The molecule has 2 aromatic rings. The van der Waals surface area contributed by atoms with Crippen LogP contribution in [0.15, 0.2) is 53.0 Å². The second-order valence-electron chi connectivity index (χ2n) is 4.04. The van der Waals surface area contributed by atoms with Crippen molar-refractivity contribution in [1.29, 1.82) is 0 Å². The lowest BCUT2D eigenvalue weighted by Gasteiger charge is -2.04. The van der Waals surface area contributed by atoms with E-state index in [1.165, 1.54) is 11.3 Å². The van der Waals surface area contributed by atoms with Crippen molar-refractivity contribution in [1.82, 2.24) is 0 Å². The molecule has 0 aliphatic carbocycles. The smallest absolute Gasteiger partial charge is 0.342 e. The van der Waals surface area contributed by atoms with E-state index >= 15 is 0 Å². The number of carbonyl (C=O) groups is 1. The van der Waals surface area contributed by atoms with Gasteiger partial charge in [-0.25, -0.2) is 4.79 Å². The minimum atomic E-state index is -0.782. The van der Waals surface area contributed by atoms with Gasteiger partial charge in [0.2, 0.25) is 0 Å². The zero-order chi connectivity index (χ0) is 15.1. The van der Waals surface area contributed by atoms with Crippen molar-refractivity contribution in [2.75, 3.05) is 6.61 Å². The van der Waals surface area contributed by atoms with Crippen LogP contribution in [0.25, 0.3) is 5.57 Å². The number of ether oxygens (including phenoxy) is 1. The predicted octanol–water partition coefficient (Wildman–Crippen LogP) is 4.04. The maximum atomic E-state index is 14.3. The third-order valence-corrected chi connectivity index (χ3v) is 3.28. The summed E-state index contributed by atoms with van der Waals surface area (Å²) in [5, 5.41) is 3.46. The summed E-state index contributed by atoms with van der Waals surface area (Å²) >= 11 is 1.38. The summed E-state index contributed by atoms with van der Waals surface area (Å²) in [7, 11) is 0. The topological polar surface area (TPSA) is 26.3 Å². The van der Waals surface area contributed by atoms with E-state index in [2.05, 4.69) is 11.8 Å². The number of halogens is 1. The Morgan fingerprint density at radius 3 is 2.67 bits per heavy atom. The first-order valence-electron chi connectivity index (χ1n) is 6.39. The number of thiophene rings is 1. The number of rotatable bonds is 3. The third-order valence-electron chi connectivity index (χ3n) is 2.60. The second-order valence-corrected chi connectivity index (χ2v) is 4.82. The Morgan fingerprint density at radius 1 is 1.29 bits per heavy atom. The first kappa shape index (κ1) is 15.0. The molecule has 2 rings (SSSR count). The number of carbonyl (C=O) groups excluding carboxylic acids is 1. The predicted molar refractivity (Wildman–Crippen MR) is 82.3 cm³/mol. The van der Waals surface area contributed by atoms with E-state index in [9.17, 15) is 9.18 Å². The van der Waals surface area contributed by atoms with Gasteiger partial charge in [-0.2, -0.15) is 15.7 Å². The Morgan fingerprint density at radius 2 is 2.05 bits per heavy atom. The zero-order valence-electron chi connectivity index (χ0n) is 11.4. The fourth-order valence-electron chi connectivity index (χ4n) is 1.66. The summed E-state index contributed by atoms with van der Waals surface area (Å²) in [5.41, 5.74) is 1.04. The van der Waals surface area contributed by atoms with Crippen molar-refractivity contribution in [2.24, 2.45) is 0 Å². The van der Waals surface area contributed by atoms with Gasteiger partial charge in [0.05, 0.1) is 6.61 Å². The summed E-state index contributed by atoms with van der Waals surface area (Å²) < 4.78 is 19.2. The van der Waals surface area contributed by atoms with Crippen LogP contribution >= 0.6 is 11.3 Å². The summed E-state index contributed by atoms with van der Waals surface area (Å²) in [6.45, 7) is 1.86. The molecule has 0 aliphatic rings. The van der Waals surface area contributed by atoms with Crippen LogP contribution in [0, 0.1) is 11.8 Å². The Labute approximate surface area is 126 Å². The molecule has 0 fully saturated rings. The van der Waals surface area contributed by atoms with Crippen molar-refractivity contribution in [3.63, 3.8) is 0 Å². The van der Waals surface area contributed by atoms with Gasteiger partial charge in [-0.15, -0.1) is 0 Å². The normalized spacial score (nSPS) is 11.1. The van der Waals surface area contributed by atoms with Crippen LogP contribution in [-0.4, -0.2) is 12.6 Å². The molecular formula is C17H13FO2S. The van der Waals surface area contributed by atoms with Crippen molar-refractivity contribution in [3.05, 3.63) is 64.1 Å².